The number of nitrogens with one attached hydrogen (secondary N) is 2. The third-order valence-electron chi connectivity index (χ3n) is 3.22. The normalized spacial score (nSPS) is 11.9. The Hall–Kier alpha value is -0.670. The van der Waals surface area contributed by atoms with Crippen LogP contribution in [0.2, 0.25) is 0 Å². The smallest absolute Gasteiger partial charge is 0.191 e. The van der Waals surface area contributed by atoms with Gasteiger partial charge in [-0.15, -0.1) is 35.3 Å². The molecule has 0 aromatic carbocycles. The second kappa shape index (κ2) is 9.58. The highest BCUT2D eigenvalue weighted by Gasteiger charge is 2.17. The van der Waals surface area contributed by atoms with Crippen molar-refractivity contribution in [1.82, 2.24) is 15.6 Å². The summed E-state index contributed by atoms with van der Waals surface area (Å²) in [5.41, 5.74) is 2.58. The summed E-state index contributed by atoms with van der Waals surface area (Å²) in [5, 5.41) is 14.2. The predicted octanol–water partition coefficient (Wildman–Crippen LogP) is 4.03. The van der Waals surface area contributed by atoms with E-state index in [0.717, 1.165) is 25.5 Å². The number of aromatic nitrogens is 1. The van der Waals surface area contributed by atoms with Crippen LogP contribution in [0.15, 0.2) is 27.2 Å². The Morgan fingerprint density at radius 2 is 2.04 bits per heavy atom. The minimum absolute atomic E-state index is 0. The van der Waals surface area contributed by atoms with Crippen LogP contribution in [-0.4, -0.2) is 24.5 Å². The summed E-state index contributed by atoms with van der Waals surface area (Å²) < 4.78 is 0. The van der Waals surface area contributed by atoms with E-state index in [4.69, 9.17) is 4.98 Å². The van der Waals surface area contributed by atoms with Crippen LogP contribution in [0, 0.1) is 0 Å². The SMILES string of the molecule is CN=C(NCCc1nc(C(C)(C)C)cs1)NCc1ccsc1.I. The summed E-state index contributed by atoms with van der Waals surface area (Å²) in [6.07, 6.45) is 0.917. The van der Waals surface area contributed by atoms with Crippen molar-refractivity contribution in [3.8, 4) is 0 Å². The maximum atomic E-state index is 4.71. The standard InChI is InChI=1S/C16H24N4S2.HI/c1-16(2,3)13-11-22-14(20-13)5-7-18-15(17-4)19-9-12-6-8-21-10-12;/h6,8,10-11H,5,7,9H2,1-4H3,(H2,17,18,19);1H. The minimum atomic E-state index is 0. The first-order valence-electron chi connectivity index (χ1n) is 7.39. The van der Waals surface area contributed by atoms with Gasteiger partial charge < -0.3 is 10.6 Å². The van der Waals surface area contributed by atoms with E-state index < -0.39 is 0 Å². The van der Waals surface area contributed by atoms with Crippen LogP contribution in [-0.2, 0) is 18.4 Å². The number of halogens is 1. The number of hydrogen-bond donors (Lipinski definition) is 2. The fourth-order valence-corrected chi connectivity index (χ4v) is 3.55. The largest absolute Gasteiger partial charge is 0.356 e. The molecular weight excluding hydrogens is 439 g/mol. The van der Waals surface area contributed by atoms with Gasteiger partial charge in [-0.05, 0) is 22.4 Å². The predicted molar refractivity (Wildman–Crippen MR) is 112 cm³/mol. The zero-order valence-electron chi connectivity index (χ0n) is 14.0. The van der Waals surface area contributed by atoms with E-state index in [-0.39, 0.29) is 29.4 Å². The fourth-order valence-electron chi connectivity index (χ4n) is 1.86. The lowest BCUT2D eigenvalue weighted by Crippen LogP contribution is -2.37. The number of nitrogens with zero attached hydrogens (tertiary/aromatic N) is 2. The highest BCUT2D eigenvalue weighted by Crippen LogP contribution is 2.23. The number of hydrogen-bond acceptors (Lipinski definition) is 4. The maximum absolute atomic E-state index is 4.71. The average Bonchev–Trinajstić information content (AvgIpc) is 3.13. The van der Waals surface area contributed by atoms with Gasteiger partial charge in [0.15, 0.2) is 5.96 Å². The van der Waals surface area contributed by atoms with E-state index in [1.54, 1.807) is 29.7 Å². The first kappa shape index (κ1) is 20.4. The van der Waals surface area contributed by atoms with Crippen LogP contribution in [0.5, 0.6) is 0 Å². The molecule has 0 saturated heterocycles. The van der Waals surface area contributed by atoms with Gasteiger partial charge in [0.2, 0.25) is 0 Å². The maximum Gasteiger partial charge on any atom is 0.191 e. The van der Waals surface area contributed by atoms with Crippen molar-refractivity contribution in [2.45, 2.75) is 39.2 Å². The van der Waals surface area contributed by atoms with Gasteiger partial charge in [-0.1, -0.05) is 20.8 Å². The molecule has 2 aromatic heterocycles. The van der Waals surface area contributed by atoms with Crippen molar-refractivity contribution in [3.05, 3.63) is 38.5 Å². The zero-order chi connectivity index (χ0) is 16.0. The Labute approximate surface area is 163 Å². The van der Waals surface area contributed by atoms with E-state index >= 15 is 0 Å². The second-order valence-electron chi connectivity index (χ2n) is 6.11. The highest BCUT2D eigenvalue weighted by atomic mass is 127. The number of rotatable bonds is 5. The Bertz CT molecular complexity index is 600. The van der Waals surface area contributed by atoms with Crippen molar-refractivity contribution in [2.75, 3.05) is 13.6 Å². The molecule has 2 heterocycles. The van der Waals surface area contributed by atoms with Crippen LogP contribution in [0.3, 0.4) is 0 Å². The van der Waals surface area contributed by atoms with Crippen LogP contribution in [0.25, 0.3) is 0 Å². The molecule has 2 rings (SSSR count). The monoisotopic (exact) mass is 464 g/mol. The van der Waals surface area contributed by atoms with Crippen LogP contribution >= 0.6 is 46.7 Å². The molecule has 0 aliphatic rings. The summed E-state index contributed by atoms with van der Waals surface area (Å²) in [7, 11) is 1.80. The molecule has 23 heavy (non-hydrogen) atoms. The highest BCUT2D eigenvalue weighted by molar-refractivity contribution is 14.0. The topological polar surface area (TPSA) is 49.3 Å². The van der Waals surface area contributed by atoms with Crippen molar-refractivity contribution >= 4 is 52.6 Å². The van der Waals surface area contributed by atoms with E-state index in [9.17, 15) is 0 Å². The Morgan fingerprint density at radius 1 is 1.26 bits per heavy atom. The van der Waals surface area contributed by atoms with Crippen molar-refractivity contribution in [2.24, 2.45) is 4.99 Å². The molecule has 7 heteroatoms. The fraction of sp³-hybridized carbons (Fsp3) is 0.500. The number of thiophene rings is 1. The van der Waals surface area contributed by atoms with Crippen molar-refractivity contribution < 1.29 is 0 Å². The van der Waals surface area contributed by atoms with Gasteiger partial charge >= 0.3 is 0 Å². The molecule has 0 fully saturated rings. The third kappa shape index (κ3) is 6.76. The molecule has 0 bridgehead atoms. The molecular formula is C16H25IN4S2. The quantitative estimate of drug-likeness (QED) is 0.399. The van der Waals surface area contributed by atoms with Crippen LogP contribution in [0.1, 0.15) is 37.0 Å². The number of aliphatic imine (C=N–C) groups is 1. The molecule has 0 saturated carbocycles. The van der Waals surface area contributed by atoms with Gasteiger partial charge in [-0.25, -0.2) is 4.98 Å². The van der Waals surface area contributed by atoms with E-state index in [1.807, 2.05) is 0 Å². The Balaban J connectivity index is 0.00000264. The molecule has 0 amide bonds. The summed E-state index contributed by atoms with van der Waals surface area (Å²) in [5.74, 6) is 0.832. The van der Waals surface area contributed by atoms with Gasteiger partial charge in [-0.2, -0.15) is 11.3 Å². The lowest BCUT2D eigenvalue weighted by molar-refractivity contribution is 0.570. The lowest BCUT2D eigenvalue weighted by atomic mass is 9.93. The van der Waals surface area contributed by atoms with Gasteiger partial charge in [0, 0.05) is 37.4 Å². The van der Waals surface area contributed by atoms with Crippen LogP contribution < -0.4 is 10.6 Å². The van der Waals surface area contributed by atoms with Gasteiger partial charge in [0.05, 0.1) is 10.7 Å². The van der Waals surface area contributed by atoms with Crippen LogP contribution in [0.4, 0.5) is 0 Å². The number of thiazole rings is 1. The van der Waals surface area contributed by atoms with Crippen molar-refractivity contribution in [1.29, 1.82) is 0 Å². The van der Waals surface area contributed by atoms with Gasteiger partial charge in [0.25, 0.3) is 0 Å². The number of guanidine groups is 1. The van der Waals surface area contributed by atoms with E-state index in [1.165, 1.54) is 16.3 Å². The third-order valence-corrected chi connectivity index (χ3v) is 4.86. The Morgan fingerprint density at radius 3 is 2.61 bits per heavy atom. The molecule has 0 unspecified atom stereocenters. The molecule has 0 radical (unpaired) electrons. The van der Waals surface area contributed by atoms with Crippen molar-refractivity contribution in [3.63, 3.8) is 0 Å². The molecule has 128 valence electrons. The molecule has 2 N–H and O–H groups in total. The molecule has 0 atom stereocenters. The lowest BCUT2D eigenvalue weighted by Gasteiger charge is -2.14. The first-order valence-corrected chi connectivity index (χ1v) is 9.22. The summed E-state index contributed by atoms with van der Waals surface area (Å²) in [6, 6.07) is 2.12. The molecule has 0 aliphatic carbocycles. The van der Waals surface area contributed by atoms with E-state index in [0.29, 0.717) is 0 Å². The molecule has 4 nitrogen and oxygen atoms in total. The molecule has 2 aromatic rings. The summed E-state index contributed by atoms with van der Waals surface area (Å²) in [6.45, 7) is 8.22. The first-order chi connectivity index (χ1) is 10.5. The van der Waals surface area contributed by atoms with E-state index in [2.05, 4.69) is 58.6 Å². The molecule has 0 spiro atoms. The summed E-state index contributed by atoms with van der Waals surface area (Å²) in [4.78, 5) is 8.95. The summed E-state index contributed by atoms with van der Waals surface area (Å²) >= 11 is 3.45. The average molecular weight is 464 g/mol. The molecule has 0 aliphatic heterocycles. The minimum Gasteiger partial charge on any atom is -0.356 e. The van der Waals surface area contributed by atoms with Gasteiger partial charge in [-0.3, -0.25) is 4.99 Å². The van der Waals surface area contributed by atoms with Gasteiger partial charge in [0.1, 0.15) is 0 Å². The Kier molecular flexibility index (Phi) is 8.49. The second-order valence-corrected chi connectivity index (χ2v) is 7.83. The zero-order valence-corrected chi connectivity index (χ0v) is 18.0.